The zero-order valence-electron chi connectivity index (χ0n) is 13.7. The molecule has 25 heavy (non-hydrogen) atoms. The summed E-state index contributed by atoms with van der Waals surface area (Å²) in [6, 6.07) is 11.1. The van der Waals surface area contributed by atoms with E-state index in [1.807, 2.05) is 17.6 Å². The van der Waals surface area contributed by atoms with Gasteiger partial charge in [-0.05, 0) is 31.2 Å². The van der Waals surface area contributed by atoms with Gasteiger partial charge in [-0.2, -0.15) is 0 Å². The number of aryl methyl sites for hydroxylation is 1. The predicted octanol–water partition coefficient (Wildman–Crippen LogP) is 3.28. The number of halogens is 1. The van der Waals surface area contributed by atoms with Gasteiger partial charge < -0.3 is 4.74 Å². The molecule has 0 aliphatic carbocycles. The van der Waals surface area contributed by atoms with Crippen molar-refractivity contribution in [1.29, 1.82) is 0 Å². The summed E-state index contributed by atoms with van der Waals surface area (Å²) in [4.78, 5) is 4.72. The van der Waals surface area contributed by atoms with Gasteiger partial charge in [0.15, 0.2) is 15.7 Å². The molecular weight excluding hydrogens is 343 g/mol. The second-order valence-electron chi connectivity index (χ2n) is 6.00. The Morgan fingerprint density at radius 1 is 1.20 bits per heavy atom. The van der Waals surface area contributed by atoms with Crippen molar-refractivity contribution in [3.05, 3.63) is 59.8 Å². The van der Waals surface area contributed by atoms with Crippen LogP contribution in [0.3, 0.4) is 0 Å². The molecule has 0 radical (unpaired) electrons. The van der Waals surface area contributed by atoms with Crippen molar-refractivity contribution in [3.63, 3.8) is 0 Å². The second kappa shape index (κ2) is 5.42. The van der Waals surface area contributed by atoms with Gasteiger partial charge in [-0.15, -0.1) is 0 Å². The van der Waals surface area contributed by atoms with Gasteiger partial charge in [-0.1, -0.05) is 12.1 Å². The van der Waals surface area contributed by atoms with Crippen LogP contribution in [0.4, 0.5) is 4.39 Å². The fourth-order valence-electron chi connectivity index (χ4n) is 3.09. The average molecular weight is 358 g/mol. The maximum atomic E-state index is 13.7. The predicted molar refractivity (Wildman–Crippen MR) is 91.1 cm³/mol. The fourth-order valence-corrected chi connectivity index (χ4v) is 3.72. The van der Waals surface area contributed by atoms with Crippen molar-refractivity contribution in [3.8, 4) is 22.7 Å². The molecule has 0 N–H and O–H groups in total. The molecule has 4 rings (SSSR count). The molecule has 3 aromatic rings. The highest BCUT2D eigenvalue weighted by atomic mass is 32.2. The van der Waals surface area contributed by atoms with E-state index < -0.39 is 9.84 Å². The quantitative estimate of drug-likeness (QED) is 0.705. The summed E-state index contributed by atoms with van der Waals surface area (Å²) >= 11 is 0. The number of benzene rings is 2. The summed E-state index contributed by atoms with van der Waals surface area (Å²) in [5.41, 5.74) is 2.92. The van der Waals surface area contributed by atoms with Crippen molar-refractivity contribution in [1.82, 2.24) is 9.55 Å². The highest BCUT2D eigenvalue weighted by Gasteiger charge is 2.25. The molecule has 0 amide bonds. The normalized spacial score (nSPS) is 13.1. The van der Waals surface area contributed by atoms with Gasteiger partial charge in [0.2, 0.25) is 0 Å². The molecule has 1 aromatic heterocycles. The Kier molecular flexibility index (Phi) is 3.43. The minimum Gasteiger partial charge on any atom is -0.483 e. The van der Waals surface area contributed by atoms with Gasteiger partial charge >= 0.3 is 0 Å². The number of sulfone groups is 1. The number of hydrogen-bond acceptors (Lipinski definition) is 4. The lowest BCUT2D eigenvalue weighted by Gasteiger charge is -2.22. The summed E-state index contributed by atoms with van der Waals surface area (Å²) in [6.45, 7) is 2.08. The van der Waals surface area contributed by atoms with Crippen LogP contribution in [0, 0.1) is 12.7 Å². The third-order valence-corrected chi connectivity index (χ3v) is 5.29. The molecule has 0 saturated carbocycles. The van der Waals surface area contributed by atoms with Crippen molar-refractivity contribution < 1.29 is 17.5 Å². The molecule has 1 aliphatic rings. The van der Waals surface area contributed by atoms with Gasteiger partial charge in [0.05, 0.1) is 22.0 Å². The molecular formula is C18H15FN2O3S. The first kappa shape index (κ1) is 15.8. The van der Waals surface area contributed by atoms with Crippen LogP contribution in [0.5, 0.6) is 5.75 Å². The highest BCUT2D eigenvalue weighted by Crippen LogP contribution is 2.37. The van der Waals surface area contributed by atoms with Crippen LogP contribution in [0.1, 0.15) is 11.5 Å². The largest absolute Gasteiger partial charge is 0.483 e. The van der Waals surface area contributed by atoms with Gasteiger partial charge in [0, 0.05) is 17.9 Å². The first-order valence-corrected chi connectivity index (χ1v) is 9.55. The lowest BCUT2D eigenvalue weighted by Crippen LogP contribution is -2.14. The second-order valence-corrected chi connectivity index (χ2v) is 8.01. The minimum atomic E-state index is -3.33. The van der Waals surface area contributed by atoms with Crippen molar-refractivity contribution >= 4 is 9.84 Å². The van der Waals surface area contributed by atoms with Gasteiger partial charge in [0.25, 0.3) is 0 Å². The van der Waals surface area contributed by atoms with E-state index in [0.717, 1.165) is 17.6 Å². The number of rotatable bonds is 2. The number of hydrogen-bond donors (Lipinski definition) is 0. The molecule has 0 fully saturated rings. The topological polar surface area (TPSA) is 61.2 Å². The Morgan fingerprint density at radius 3 is 2.72 bits per heavy atom. The van der Waals surface area contributed by atoms with Crippen molar-refractivity contribution in [2.24, 2.45) is 0 Å². The summed E-state index contributed by atoms with van der Waals surface area (Å²) in [5.74, 6) is 0.828. The van der Waals surface area contributed by atoms with E-state index in [9.17, 15) is 12.8 Å². The van der Waals surface area contributed by atoms with E-state index >= 15 is 0 Å². The Morgan fingerprint density at radius 2 is 2.00 bits per heavy atom. The zero-order valence-corrected chi connectivity index (χ0v) is 14.5. The van der Waals surface area contributed by atoms with Crippen LogP contribution in [-0.4, -0.2) is 24.2 Å². The number of ether oxygens (including phenoxy) is 1. The Hall–Kier alpha value is -2.67. The molecule has 0 bridgehead atoms. The minimum absolute atomic E-state index is 0.193. The molecule has 2 aromatic carbocycles. The van der Waals surface area contributed by atoms with Crippen molar-refractivity contribution in [2.75, 3.05) is 6.26 Å². The monoisotopic (exact) mass is 358 g/mol. The zero-order chi connectivity index (χ0) is 17.8. The van der Waals surface area contributed by atoms with Crippen LogP contribution in [0.2, 0.25) is 0 Å². The summed E-state index contributed by atoms with van der Waals surface area (Å²) < 4.78 is 44.8. The molecule has 2 heterocycles. The van der Waals surface area contributed by atoms with Crippen molar-refractivity contribution in [2.45, 2.75) is 18.4 Å². The van der Waals surface area contributed by atoms with E-state index in [4.69, 9.17) is 4.74 Å². The van der Waals surface area contributed by atoms with Crippen LogP contribution >= 0.6 is 0 Å². The van der Waals surface area contributed by atoms with Crippen LogP contribution in [-0.2, 0) is 16.4 Å². The summed E-state index contributed by atoms with van der Waals surface area (Å²) in [7, 11) is -3.33. The number of nitrogens with zero attached hydrogens (tertiary/aromatic N) is 2. The maximum absolute atomic E-state index is 13.7. The Balaban J connectivity index is 1.96. The summed E-state index contributed by atoms with van der Waals surface area (Å²) in [6.07, 6.45) is 1.16. The van der Waals surface area contributed by atoms with Gasteiger partial charge in [-0.3, -0.25) is 4.57 Å². The van der Waals surface area contributed by atoms with Crippen LogP contribution in [0.15, 0.2) is 47.4 Å². The van der Waals surface area contributed by atoms with Crippen LogP contribution in [0.25, 0.3) is 16.9 Å². The Labute approximate surface area is 144 Å². The summed E-state index contributed by atoms with van der Waals surface area (Å²) in [5, 5.41) is 0. The third-order valence-electron chi connectivity index (χ3n) is 4.18. The molecule has 0 atom stereocenters. The van der Waals surface area contributed by atoms with E-state index in [-0.39, 0.29) is 17.3 Å². The molecule has 1 aliphatic heterocycles. The molecule has 5 nitrogen and oxygen atoms in total. The standard InChI is InChI=1S/C18H15FN2O3S/c1-11-18(12-4-3-5-13(19)8-12)21-15-7-6-14(25(2,22)23)9-16(15)24-10-17(21)20-11/h3-9H,10H2,1-2H3. The van der Waals surface area contributed by atoms with E-state index in [2.05, 4.69) is 4.98 Å². The first-order chi connectivity index (χ1) is 11.8. The Bertz CT molecular complexity index is 1100. The first-order valence-electron chi connectivity index (χ1n) is 7.66. The lowest BCUT2D eigenvalue weighted by atomic mass is 10.1. The molecule has 128 valence electrons. The SMILES string of the molecule is Cc1nc2n(c1-c1cccc(F)c1)-c1ccc(S(C)(=O)=O)cc1OC2. The van der Waals surface area contributed by atoms with Crippen LogP contribution < -0.4 is 4.74 Å². The molecule has 0 spiro atoms. The van der Waals surface area contributed by atoms with E-state index in [1.54, 1.807) is 12.1 Å². The van der Waals surface area contributed by atoms with E-state index in [1.165, 1.54) is 24.3 Å². The average Bonchev–Trinajstić information content (AvgIpc) is 2.89. The number of fused-ring (bicyclic) bond motifs is 3. The molecule has 0 saturated heterocycles. The van der Waals surface area contributed by atoms with Gasteiger partial charge in [0.1, 0.15) is 18.2 Å². The molecule has 0 unspecified atom stereocenters. The smallest absolute Gasteiger partial charge is 0.175 e. The number of aromatic nitrogens is 2. The number of imidazole rings is 1. The van der Waals surface area contributed by atoms with Gasteiger partial charge in [-0.25, -0.2) is 17.8 Å². The molecule has 7 heteroatoms. The third kappa shape index (κ3) is 2.60. The lowest BCUT2D eigenvalue weighted by molar-refractivity contribution is 0.279. The fraction of sp³-hybridized carbons (Fsp3) is 0.167. The maximum Gasteiger partial charge on any atom is 0.175 e. The highest BCUT2D eigenvalue weighted by molar-refractivity contribution is 7.90. The van der Waals surface area contributed by atoms with E-state index in [0.29, 0.717) is 22.8 Å².